The third-order valence-electron chi connectivity index (χ3n) is 4.45. The van der Waals surface area contributed by atoms with Crippen molar-refractivity contribution in [1.82, 2.24) is 15.1 Å². The zero-order chi connectivity index (χ0) is 19.0. The monoisotopic (exact) mass is 379 g/mol. The van der Waals surface area contributed by atoms with Crippen LogP contribution in [-0.2, 0) is 0 Å². The largest absolute Gasteiger partial charge is 0.459 e. The molecule has 0 unspecified atom stereocenters. The van der Waals surface area contributed by atoms with Gasteiger partial charge in [-0.2, -0.15) is 5.10 Å². The maximum Gasteiger partial charge on any atom is 0.256 e. The lowest BCUT2D eigenvalue weighted by molar-refractivity contribution is 0.0935. The zero-order valence-electron chi connectivity index (χ0n) is 14.9. The Kier molecular flexibility index (Phi) is 4.46. The Hall–Kier alpha value is -3.05. The first-order valence-electron chi connectivity index (χ1n) is 8.64. The Morgan fingerprint density at radius 3 is 2.59 bits per heavy atom. The van der Waals surface area contributed by atoms with Gasteiger partial charge in [-0.3, -0.25) is 4.79 Å². The van der Waals surface area contributed by atoms with E-state index in [0.717, 1.165) is 16.7 Å². The molecule has 4 aromatic rings. The van der Waals surface area contributed by atoms with Crippen LogP contribution in [0, 0.1) is 6.92 Å². The molecule has 4 rings (SSSR count). The van der Waals surface area contributed by atoms with E-state index < -0.39 is 0 Å². The minimum atomic E-state index is -0.305. The van der Waals surface area contributed by atoms with E-state index in [4.69, 9.17) is 16.0 Å². The molecule has 6 heteroatoms. The number of amides is 1. The lowest BCUT2D eigenvalue weighted by atomic mass is 10.2. The van der Waals surface area contributed by atoms with Crippen molar-refractivity contribution in [3.8, 4) is 5.69 Å². The molecule has 2 aromatic heterocycles. The average Bonchev–Trinajstić information content (AvgIpc) is 3.23. The van der Waals surface area contributed by atoms with Gasteiger partial charge in [0.2, 0.25) is 0 Å². The summed E-state index contributed by atoms with van der Waals surface area (Å²) >= 11 is 6.47. The van der Waals surface area contributed by atoms with Crippen molar-refractivity contribution in [2.75, 3.05) is 0 Å². The molecule has 0 spiro atoms. The first-order valence-corrected chi connectivity index (χ1v) is 9.02. The number of furan rings is 1. The highest BCUT2D eigenvalue weighted by atomic mass is 35.5. The van der Waals surface area contributed by atoms with Crippen LogP contribution in [0.4, 0.5) is 0 Å². The summed E-state index contributed by atoms with van der Waals surface area (Å²) in [6.45, 7) is 3.65. The number of hydrogen-bond acceptors (Lipinski definition) is 3. The number of benzene rings is 2. The van der Waals surface area contributed by atoms with Crippen molar-refractivity contribution >= 4 is 28.5 Å². The highest BCUT2D eigenvalue weighted by Crippen LogP contribution is 2.26. The molecular weight excluding hydrogens is 362 g/mol. The average molecular weight is 380 g/mol. The lowest BCUT2D eigenvalue weighted by Crippen LogP contribution is -2.27. The Labute approximate surface area is 161 Å². The highest BCUT2D eigenvalue weighted by molar-refractivity contribution is 6.33. The molecule has 2 heterocycles. The third kappa shape index (κ3) is 3.22. The number of aryl methyl sites for hydroxylation is 1. The van der Waals surface area contributed by atoms with Crippen molar-refractivity contribution < 1.29 is 9.21 Å². The predicted molar refractivity (Wildman–Crippen MR) is 105 cm³/mol. The molecule has 136 valence electrons. The van der Waals surface area contributed by atoms with Crippen molar-refractivity contribution in [2.24, 2.45) is 0 Å². The van der Waals surface area contributed by atoms with Crippen molar-refractivity contribution in [3.05, 3.63) is 82.8 Å². The Morgan fingerprint density at radius 1 is 1.15 bits per heavy atom. The second-order valence-corrected chi connectivity index (χ2v) is 6.74. The Balaban J connectivity index is 1.60. The molecule has 2 aromatic carbocycles. The first kappa shape index (κ1) is 17.4. The molecule has 0 aliphatic carbocycles. The second kappa shape index (κ2) is 6.93. The summed E-state index contributed by atoms with van der Waals surface area (Å²) in [4.78, 5) is 12.8. The molecule has 0 bridgehead atoms. The number of rotatable bonds is 4. The summed E-state index contributed by atoms with van der Waals surface area (Å²) in [6.07, 6.45) is 0. The maximum absolute atomic E-state index is 12.8. The minimum absolute atomic E-state index is 0.285. The molecule has 0 aliphatic heterocycles. The van der Waals surface area contributed by atoms with Crippen molar-refractivity contribution in [1.29, 1.82) is 0 Å². The van der Waals surface area contributed by atoms with Gasteiger partial charge in [-0.15, -0.1) is 0 Å². The van der Waals surface area contributed by atoms with Crippen LogP contribution >= 0.6 is 11.6 Å². The fourth-order valence-electron chi connectivity index (χ4n) is 3.05. The number of nitrogens with zero attached hydrogens (tertiary/aromatic N) is 2. The second-order valence-electron chi connectivity index (χ2n) is 6.38. The van der Waals surface area contributed by atoms with E-state index in [1.165, 1.54) is 0 Å². The van der Waals surface area contributed by atoms with Crippen LogP contribution in [0.5, 0.6) is 0 Å². The molecular formula is C21H18ClN3O2. The topological polar surface area (TPSA) is 60.1 Å². The third-order valence-corrected chi connectivity index (χ3v) is 4.80. The number of halogens is 1. The maximum atomic E-state index is 12.8. The summed E-state index contributed by atoms with van der Waals surface area (Å²) < 4.78 is 7.40. The van der Waals surface area contributed by atoms with Gasteiger partial charge in [0, 0.05) is 5.39 Å². The van der Waals surface area contributed by atoms with Crippen LogP contribution in [0.2, 0.25) is 5.15 Å². The van der Waals surface area contributed by atoms with Crippen LogP contribution < -0.4 is 5.32 Å². The predicted octanol–water partition coefficient (Wildman–Crippen LogP) is 5.07. The molecule has 0 radical (unpaired) electrons. The van der Waals surface area contributed by atoms with E-state index in [2.05, 4.69) is 10.4 Å². The molecule has 1 amide bonds. The number of carbonyl (C=O) groups excluding carboxylic acids is 1. The van der Waals surface area contributed by atoms with Crippen LogP contribution in [0.1, 0.15) is 34.8 Å². The van der Waals surface area contributed by atoms with Gasteiger partial charge in [0.05, 0.1) is 23.0 Å². The van der Waals surface area contributed by atoms with E-state index in [1.54, 1.807) is 11.6 Å². The fraction of sp³-hybridized carbons (Fsp3) is 0.143. The summed E-state index contributed by atoms with van der Waals surface area (Å²) in [6, 6.07) is 18.8. The Morgan fingerprint density at radius 2 is 1.85 bits per heavy atom. The lowest BCUT2D eigenvalue weighted by Gasteiger charge is -2.11. The van der Waals surface area contributed by atoms with E-state index in [-0.39, 0.29) is 17.1 Å². The normalized spacial score (nSPS) is 12.3. The molecule has 1 atom stereocenters. The molecule has 27 heavy (non-hydrogen) atoms. The fourth-order valence-corrected chi connectivity index (χ4v) is 3.41. The molecule has 0 aliphatic rings. The number of carbonyl (C=O) groups is 1. The SMILES string of the molecule is Cc1nn(-c2ccccc2)c(Cl)c1C(=O)N[C@@H](C)c1cc2ccccc2o1. The number of aromatic nitrogens is 2. The van der Waals surface area contributed by atoms with Crippen LogP contribution in [0.25, 0.3) is 16.7 Å². The van der Waals surface area contributed by atoms with Gasteiger partial charge in [0.25, 0.3) is 5.91 Å². The summed E-state index contributed by atoms with van der Waals surface area (Å²) in [5.41, 5.74) is 2.52. The van der Waals surface area contributed by atoms with Crippen LogP contribution in [0.3, 0.4) is 0 Å². The standard InChI is InChI=1S/C21H18ClN3O2/c1-13(18-12-15-8-6-7-11-17(15)27-18)23-21(26)19-14(2)24-25(20(19)22)16-9-4-3-5-10-16/h3-13H,1-2H3,(H,23,26)/t13-/m0/s1. The summed E-state index contributed by atoms with van der Waals surface area (Å²) in [5.74, 6) is 0.404. The first-order chi connectivity index (χ1) is 13.0. The molecule has 5 nitrogen and oxygen atoms in total. The number of para-hydroxylation sites is 2. The number of fused-ring (bicyclic) bond motifs is 1. The number of hydrogen-bond donors (Lipinski definition) is 1. The zero-order valence-corrected chi connectivity index (χ0v) is 15.7. The van der Waals surface area contributed by atoms with Gasteiger partial charge >= 0.3 is 0 Å². The van der Waals surface area contributed by atoms with Gasteiger partial charge in [-0.25, -0.2) is 4.68 Å². The van der Waals surface area contributed by atoms with Gasteiger partial charge in [-0.05, 0) is 38.1 Å². The van der Waals surface area contributed by atoms with Crippen molar-refractivity contribution in [2.45, 2.75) is 19.9 Å². The van der Waals surface area contributed by atoms with E-state index in [0.29, 0.717) is 17.0 Å². The number of nitrogens with one attached hydrogen (secondary N) is 1. The van der Waals surface area contributed by atoms with Crippen molar-refractivity contribution in [3.63, 3.8) is 0 Å². The summed E-state index contributed by atoms with van der Waals surface area (Å²) in [5, 5.41) is 8.65. The van der Waals surface area contributed by atoms with Gasteiger partial charge in [-0.1, -0.05) is 48.0 Å². The van der Waals surface area contributed by atoms with Crippen LogP contribution in [0.15, 0.2) is 65.1 Å². The van der Waals surface area contributed by atoms with E-state index in [1.807, 2.05) is 67.6 Å². The minimum Gasteiger partial charge on any atom is -0.459 e. The molecule has 0 saturated heterocycles. The van der Waals surface area contributed by atoms with Gasteiger partial charge in [0.1, 0.15) is 16.5 Å². The summed E-state index contributed by atoms with van der Waals surface area (Å²) in [7, 11) is 0. The molecule has 1 N–H and O–H groups in total. The van der Waals surface area contributed by atoms with Gasteiger partial charge in [0.15, 0.2) is 0 Å². The smallest absolute Gasteiger partial charge is 0.256 e. The van der Waals surface area contributed by atoms with E-state index >= 15 is 0 Å². The quantitative estimate of drug-likeness (QED) is 0.538. The van der Waals surface area contributed by atoms with Gasteiger partial charge < -0.3 is 9.73 Å². The van der Waals surface area contributed by atoms with E-state index in [9.17, 15) is 4.79 Å². The Bertz CT molecular complexity index is 1080. The van der Waals surface area contributed by atoms with Crippen LogP contribution in [-0.4, -0.2) is 15.7 Å². The molecule has 0 saturated carbocycles. The highest BCUT2D eigenvalue weighted by Gasteiger charge is 2.23. The molecule has 0 fully saturated rings.